The Bertz CT molecular complexity index is 96.7. The van der Waals surface area contributed by atoms with Gasteiger partial charge >= 0.3 is 0 Å². The maximum atomic E-state index is 10.2. The molecule has 2 nitrogen and oxygen atoms in total. The van der Waals surface area contributed by atoms with Crippen LogP contribution in [0.3, 0.4) is 0 Å². The molecule has 0 atom stereocenters. The van der Waals surface area contributed by atoms with E-state index in [1.54, 1.807) is 0 Å². The molecule has 0 radical (unpaired) electrons. The number of nitrogens with two attached hydrogens (primary N) is 1. The monoisotopic (exact) mass is 113 g/mol. The van der Waals surface area contributed by atoms with E-state index in [0.29, 0.717) is 12.3 Å². The van der Waals surface area contributed by atoms with E-state index in [1.807, 2.05) is 0 Å². The van der Waals surface area contributed by atoms with Crippen molar-refractivity contribution in [1.82, 2.24) is 0 Å². The average molecular weight is 113 g/mol. The SMILES string of the molecule is NC(=O)CC1CCC1. The minimum atomic E-state index is -0.144. The topological polar surface area (TPSA) is 43.1 Å². The lowest BCUT2D eigenvalue weighted by Gasteiger charge is -2.23. The third-order valence-electron chi connectivity index (χ3n) is 1.71. The van der Waals surface area contributed by atoms with Gasteiger partial charge in [-0.1, -0.05) is 6.42 Å². The van der Waals surface area contributed by atoms with E-state index in [4.69, 9.17) is 5.73 Å². The van der Waals surface area contributed by atoms with Crippen LogP contribution in [0.5, 0.6) is 0 Å². The van der Waals surface area contributed by atoms with E-state index >= 15 is 0 Å². The lowest BCUT2D eigenvalue weighted by molar-refractivity contribution is -0.119. The van der Waals surface area contributed by atoms with Crippen molar-refractivity contribution in [3.8, 4) is 0 Å². The van der Waals surface area contributed by atoms with E-state index < -0.39 is 0 Å². The Kier molecular flexibility index (Phi) is 1.51. The van der Waals surface area contributed by atoms with Gasteiger partial charge in [-0.3, -0.25) is 4.79 Å². The van der Waals surface area contributed by atoms with Crippen molar-refractivity contribution >= 4 is 5.91 Å². The van der Waals surface area contributed by atoms with Crippen LogP contribution in [0.4, 0.5) is 0 Å². The molecule has 0 aromatic heterocycles. The molecular formula is C6H11NO. The first-order chi connectivity index (χ1) is 3.79. The van der Waals surface area contributed by atoms with Crippen molar-refractivity contribution in [1.29, 1.82) is 0 Å². The average Bonchev–Trinajstić information content (AvgIpc) is 1.55. The van der Waals surface area contributed by atoms with Gasteiger partial charge in [0.05, 0.1) is 0 Å². The molecule has 1 rings (SSSR count). The van der Waals surface area contributed by atoms with Gasteiger partial charge in [-0.2, -0.15) is 0 Å². The smallest absolute Gasteiger partial charge is 0.217 e. The van der Waals surface area contributed by atoms with Gasteiger partial charge in [0.15, 0.2) is 0 Å². The summed E-state index contributed by atoms with van der Waals surface area (Å²) in [7, 11) is 0. The summed E-state index contributed by atoms with van der Waals surface area (Å²) in [6.45, 7) is 0. The van der Waals surface area contributed by atoms with Crippen molar-refractivity contribution in [2.24, 2.45) is 11.7 Å². The van der Waals surface area contributed by atoms with E-state index in [1.165, 1.54) is 19.3 Å². The van der Waals surface area contributed by atoms with Crippen LogP contribution in [0.15, 0.2) is 0 Å². The summed E-state index contributed by atoms with van der Waals surface area (Å²) >= 11 is 0. The molecule has 0 unspecified atom stereocenters. The first-order valence-electron chi connectivity index (χ1n) is 3.07. The fourth-order valence-corrected chi connectivity index (χ4v) is 0.981. The summed E-state index contributed by atoms with van der Waals surface area (Å²) in [5.74, 6) is 0.488. The van der Waals surface area contributed by atoms with Crippen molar-refractivity contribution in [2.45, 2.75) is 25.7 Å². The predicted molar refractivity (Wildman–Crippen MR) is 31.2 cm³/mol. The van der Waals surface area contributed by atoms with Gasteiger partial charge in [0.2, 0.25) is 5.91 Å². The van der Waals surface area contributed by atoms with Gasteiger partial charge in [-0.15, -0.1) is 0 Å². The molecule has 46 valence electrons. The van der Waals surface area contributed by atoms with Gasteiger partial charge in [-0.25, -0.2) is 0 Å². The van der Waals surface area contributed by atoms with Gasteiger partial charge in [0, 0.05) is 6.42 Å². The van der Waals surface area contributed by atoms with Gasteiger partial charge in [0.1, 0.15) is 0 Å². The lowest BCUT2D eigenvalue weighted by atomic mass is 9.83. The summed E-state index contributed by atoms with van der Waals surface area (Å²) < 4.78 is 0. The fraction of sp³-hybridized carbons (Fsp3) is 0.833. The molecule has 2 heteroatoms. The number of carbonyl (C=O) groups excluding carboxylic acids is 1. The maximum Gasteiger partial charge on any atom is 0.217 e. The minimum Gasteiger partial charge on any atom is -0.370 e. The molecular weight excluding hydrogens is 102 g/mol. The standard InChI is InChI=1S/C6H11NO/c7-6(8)4-5-2-1-3-5/h5H,1-4H2,(H2,7,8). The molecule has 0 saturated heterocycles. The van der Waals surface area contributed by atoms with E-state index in [2.05, 4.69) is 0 Å². The summed E-state index contributed by atoms with van der Waals surface area (Å²) in [6.07, 6.45) is 4.32. The van der Waals surface area contributed by atoms with E-state index in [-0.39, 0.29) is 5.91 Å². The second kappa shape index (κ2) is 2.16. The Morgan fingerprint density at radius 2 is 2.25 bits per heavy atom. The van der Waals surface area contributed by atoms with Crippen LogP contribution in [0.1, 0.15) is 25.7 Å². The molecule has 0 heterocycles. The first-order valence-corrected chi connectivity index (χ1v) is 3.07. The largest absolute Gasteiger partial charge is 0.370 e. The van der Waals surface area contributed by atoms with Gasteiger partial charge < -0.3 is 5.73 Å². The molecule has 0 aromatic carbocycles. The zero-order valence-corrected chi connectivity index (χ0v) is 4.89. The Hall–Kier alpha value is -0.530. The van der Waals surface area contributed by atoms with Gasteiger partial charge in [0.25, 0.3) is 0 Å². The third-order valence-corrected chi connectivity index (χ3v) is 1.71. The highest BCUT2D eigenvalue weighted by Gasteiger charge is 2.18. The lowest BCUT2D eigenvalue weighted by Crippen LogP contribution is -2.20. The highest BCUT2D eigenvalue weighted by Crippen LogP contribution is 2.28. The van der Waals surface area contributed by atoms with Crippen molar-refractivity contribution in [3.05, 3.63) is 0 Å². The molecule has 1 aliphatic carbocycles. The molecule has 1 aliphatic rings. The molecule has 1 fully saturated rings. The van der Waals surface area contributed by atoms with Crippen molar-refractivity contribution in [3.63, 3.8) is 0 Å². The Morgan fingerprint density at radius 1 is 1.62 bits per heavy atom. The van der Waals surface area contributed by atoms with Crippen molar-refractivity contribution in [2.75, 3.05) is 0 Å². The van der Waals surface area contributed by atoms with Crippen LogP contribution >= 0.6 is 0 Å². The normalized spacial score (nSPS) is 20.0. The van der Waals surface area contributed by atoms with Crippen LogP contribution in [-0.2, 0) is 4.79 Å². The summed E-state index contributed by atoms with van der Waals surface area (Å²) in [5, 5.41) is 0. The second-order valence-corrected chi connectivity index (χ2v) is 2.47. The van der Waals surface area contributed by atoms with Crippen LogP contribution in [0.25, 0.3) is 0 Å². The highest BCUT2D eigenvalue weighted by molar-refractivity contribution is 5.74. The Labute approximate surface area is 49.1 Å². The Balaban J connectivity index is 2.09. The van der Waals surface area contributed by atoms with Crippen LogP contribution in [-0.4, -0.2) is 5.91 Å². The van der Waals surface area contributed by atoms with Crippen LogP contribution in [0.2, 0.25) is 0 Å². The molecule has 0 aromatic rings. The molecule has 0 spiro atoms. The second-order valence-electron chi connectivity index (χ2n) is 2.47. The number of hydrogen-bond donors (Lipinski definition) is 1. The van der Waals surface area contributed by atoms with E-state index in [0.717, 1.165) is 0 Å². The Morgan fingerprint density at radius 3 is 2.38 bits per heavy atom. The molecule has 0 aliphatic heterocycles. The zero-order chi connectivity index (χ0) is 5.98. The molecule has 1 amide bonds. The number of rotatable bonds is 2. The maximum absolute atomic E-state index is 10.2. The fourth-order valence-electron chi connectivity index (χ4n) is 0.981. The zero-order valence-electron chi connectivity index (χ0n) is 4.89. The predicted octanol–water partition coefficient (Wildman–Crippen LogP) is 0.662. The first kappa shape index (κ1) is 5.60. The third kappa shape index (κ3) is 1.22. The van der Waals surface area contributed by atoms with Gasteiger partial charge in [-0.05, 0) is 18.8 Å². The molecule has 1 saturated carbocycles. The van der Waals surface area contributed by atoms with E-state index in [9.17, 15) is 4.79 Å². The minimum absolute atomic E-state index is 0.144. The summed E-state index contributed by atoms with van der Waals surface area (Å²) in [6, 6.07) is 0. The highest BCUT2D eigenvalue weighted by atomic mass is 16.1. The summed E-state index contributed by atoms with van der Waals surface area (Å²) in [4.78, 5) is 10.2. The number of carbonyl (C=O) groups is 1. The number of amides is 1. The summed E-state index contributed by atoms with van der Waals surface area (Å²) in [5.41, 5.74) is 4.96. The van der Waals surface area contributed by atoms with Crippen molar-refractivity contribution < 1.29 is 4.79 Å². The molecule has 0 bridgehead atoms. The van der Waals surface area contributed by atoms with Crippen LogP contribution < -0.4 is 5.73 Å². The number of hydrogen-bond acceptors (Lipinski definition) is 1. The molecule has 2 N–H and O–H groups in total. The number of primary amides is 1. The molecule has 8 heavy (non-hydrogen) atoms. The van der Waals surface area contributed by atoms with Crippen LogP contribution in [0, 0.1) is 5.92 Å². The quantitative estimate of drug-likeness (QED) is 0.561.